The minimum atomic E-state index is -0.852. The van der Waals surface area contributed by atoms with Gasteiger partial charge in [-0.15, -0.1) is 0 Å². The van der Waals surface area contributed by atoms with Crippen molar-refractivity contribution < 1.29 is 9.90 Å². The molecule has 3 rings (SSSR count). The first kappa shape index (κ1) is 10.7. The highest BCUT2D eigenvalue weighted by atomic mass is 16.4. The van der Waals surface area contributed by atoms with Gasteiger partial charge in [-0.2, -0.15) is 5.10 Å². The molecule has 0 spiro atoms. The van der Waals surface area contributed by atoms with E-state index in [4.69, 9.17) is 0 Å². The van der Waals surface area contributed by atoms with Gasteiger partial charge in [-0.1, -0.05) is 0 Å². The van der Waals surface area contributed by atoms with Crippen LogP contribution in [0.2, 0.25) is 0 Å². The number of carboxylic acid groups (broad SMARTS) is 1. The standard InChI is InChI=1S/C11H16N4O2/c1-14-3-2-8-9(6-14)13-15(7-4-12-5-7)10(8)11(16)17/h7,12H,2-6H2,1H3,(H,16,17). The number of aromatic nitrogens is 2. The highest BCUT2D eigenvalue weighted by molar-refractivity contribution is 5.88. The van der Waals surface area contributed by atoms with E-state index in [0.717, 1.165) is 43.9 Å². The number of hydrogen-bond donors (Lipinski definition) is 2. The largest absolute Gasteiger partial charge is 0.477 e. The number of nitrogens with zero attached hydrogens (tertiary/aromatic N) is 3. The summed E-state index contributed by atoms with van der Waals surface area (Å²) < 4.78 is 1.71. The molecule has 2 aliphatic heterocycles. The molecule has 1 aromatic heterocycles. The van der Waals surface area contributed by atoms with E-state index in [1.165, 1.54) is 0 Å². The quantitative estimate of drug-likeness (QED) is 0.738. The minimum absolute atomic E-state index is 0.206. The highest BCUT2D eigenvalue weighted by Crippen LogP contribution is 2.25. The average Bonchev–Trinajstić information content (AvgIpc) is 2.52. The van der Waals surface area contributed by atoms with Crippen LogP contribution in [0.5, 0.6) is 0 Å². The van der Waals surface area contributed by atoms with Crippen LogP contribution in [-0.2, 0) is 13.0 Å². The van der Waals surface area contributed by atoms with Crippen LogP contribution in [0.15, 0.2) is 0 Å². The molecule has 2 aliphatic rings. The fraction of sp³-hybridized carbons (Fsp3) is 0.636. The van der Waals surface area contributed by atoms with Gasteiger partial charge in [0.2, 0.25) is 0 Å². The molecule has 6 nitrogen and oxygen atoms in total. The van der Waals surface area contributed by atoms with E-state index in [0.29, 0.717) is 5.69 Å². The molecule has 2 N–H and O–H groups in total. The van der Waals surface area contributed by atoms with Gasteiger partial charge in [-0.3, -0.25) is 4.68 Å². The van der Waals surface area contributed by atoms with Crippen molar-refractivity contribution in [2.45, 2.75) is 19.0 Å². The summed E-state index contributed by atoms with van der Waals surface area (Å²) in [6.45, 7) is 3.29. The summed E-state index contributed by atoms with van der Waals surface area (Å²) in [6.07, 6.45) is 0.785. The lowest BCUT2D eigenvalue weighted by atomic mass is 10.0. The number of carbonyl (C=O) groups is 1. The summed E-state index contributed by atoms with van der Waals surface area (Å²) in [7, 11) is 2.04. The second kappa shape index (κ2) is 3.82. The molecule has 17 heavy (non-hydrogen) atoms. The normalized spacial score (nSPS) is 21.0. The van der Waals surface area contributed by atoms with Crippen molar-refractivity contribution in [3.63, 3.8) is 0 Å². The first-order chi connectivity index (χ1) is 8.16. The Hall–Kier alpha value is -1.40. The molecule has 6 heteroatoms. The number of fused-ring (bicyclic) bond motifs is 1. The molecular formula is C11H16N4O2. The smallest absolute Gasteiger partial charge is 0.354 e. The van der Waals surface area contributed by atoms with Gasteiger partial charge in [0.05, 0.1) is 11.7 Å². The topological polar surface area (TPSA) is 70.4 Å². The minimum Gasteiger partial charge on any atom is -0.477 e. The van der Waals surface area contributed by atoms with Crippen LogP contribution in [-0.4, -0.2) is 52.4 Å². The molecule has 0 unspecified atom stereocenters. The Morgan fingerprint density at radius 2 is 2.29 bits per heavy atom. The van der Waals surface area contributed by atoms with E-state index >= 15 is 0 Å². The Morgan fingerprint density at radius 3 is 2.88 bits per heavy atom. The summed E-state index contributed by atoms with van der Waals surface area (Å²) in [4.78, 5) is 13.6. The van der Waals surface area contributed by atoms with Crippen molar-refractivity contribution in [3.05, 3.63) is 17.0 Å². The van der Waals surface area contributed by atoms with Crippen molar-refractivity contribution in [2.24, 2.45) is 0 Å². The molecule has 0 bridgehead atoms. The zero-order chi connectivity index (χ0) is 12.0. The molecule has 0 radical (unpaired) electrons. The molecule has 1 saturated heterocycles. The van der Waals surface area contributed by atoms with Gasteiger partial charge in [0, 0.05) is 31.7 Å². The van der Waals surface area contributed by atoms with Crippen molar-refractivity contribution in [1.29, 1.82) is 0 Å². The number of hydrogen-bond acceptors (Lipinski definition) is 4. The van der Waals surface area contributed by atoms with Gasteiger partial charge < -0.3 is 15.3 Å². The van der Waals surface area contributed by atoms with E-state index in [-0.39, 0.29) is 6.04 Å². The second-order valence-corrected chi connectivity index (χ2v) is 4.82. The molecule has 92 valence electrons. The van der Waals surface area contributed by atoms with Crippen LogP contribution in [0.1, 0.15) is 27.8 Å². The summed E-state index contributed by atoms with van der Waals surface area (Å²) >= 11 is 0. The monoisotopic (exact) mass is 236 g/mol. The number of aromatic carboxylic acids is 1. The van der Waals surface area contributed by atoms with Gasteiger partial charge in [0.25, 0.3) is 0 Å². The SMILES string of the molecule is CN1CCc2c(nn(C3CNC3)c2C(=O)O)C1. The first-order valence-corrected chi connectivity index (χ1v) is 5.89. The Labute approximate surface area is 99.2 Å². The molecule has 0 saturated carbocycles. The lowest BCUT2D eigenvalue weighted by Gasteiger charge is -2.28. The number of likely N-dealkylation sites (N-methyl/N-ethyl adjacent to an activating group) is 1. The third-order valence-electron chi connectivity index (χ3n) is 3.56. The summed E-state index contributed by atoms with van der Waals surface area (Å²) in [5, 5.41) is 17.0. The maximum Gasteiger partial charge on any atom is 0.354 e. The highest BCUT2D eigenvalue weighted by Gasteiger charge is 2.31. The summed E-state index contributed by atoms with van der Waals surface area (Å²) in [6, 6.07) is 0.206. The van der Waals surface area contributed by atoms with Gasteiger partial charge in [0.1, 0.15) is 5.69 Å². The molecule has 3 heterocycles. The molecule has 1 aromatic rings. The van der Waals surface area contributed by atoms with Gasteiger partial charge in [-0.05, 0) is 13.5 Å². The predicted octanol–water partition coefficient (Wildman–Crippen LogP) is -0.286. The number of carboxylic acids is 1. The fourth-order valence-electron chi connectivity index (χ4n) is 2.48. The Morgan fingerprint density at radius 1 is 1.53 bits per heavy atom. The van der Waals surface area contributed by atoms with Crippen molar-refractivity contribution >= 4 is 5.97 Å². The van der Waals surface area contributed by atoms with E-state index in [1.54, 1.807) is 4.68 Å². The Kier molecular flexibility index (Phi) is 2.41. The Bertz CT molecular complexity index is 464. The molecule has 0 aliphatic carbocycles. The van der Waals surface area contributed by atoms with Crippen LogP contribution < -0.4 is 5.32 Å². The first-order valence-electron chi connectivity index (χ1n) is 5.89. The third-order valence-corrected chi connectivity index (χ3v) is 3.56. The molecule has 0 amide bonds. The average molecular weight is 236 g/mol. The van der Waals surface area contributed by atoms with Crippen molar-refractivity contribution in [1.82, 2.24) is 20.0 Å². The van der Waals surface area contributed by atoms with Crippen molar-refractivity contribution in [2.75, 3.05) is 26.7 Å². The van der Waals surface area contributed by atoms with E-state index in [2.05, 4.69) is 15.3 Å². The number of rotatable bonds is 2. The summed E-state index contributed by atoms with van der Waals surface area (Å²) in [5.41, 5.74) is 2.27. The summed E-state index contributed by atoms with van der Waals surface area (Å²) in [5.74, 6) is -0.852. The lowest BCUT2D eigenvalue weighted by molar-refractivity contribution is 0.0675. The van der Waals surface area contributed by atoms with E-state index < -0.39 is 5.97 Å². The molecule has 0 aromatic carbocycles. The molecule has 0 atom stereocenters. The fourth-order valence-corrected chi connectivity index (χ4v) is 2.48. The van der Waals surface area contributed by atoms with Crippen LogP contribution in [0.3, 0.4) is 0 Å². The zero-order valence-electron chi connectivity index (χ0n) is 9.81. The van der Waals surface area contributed by atoms with Crippen LogP contribution in [0.4, 0.5) is 0 Å². The second-order valence-electron chi connectivity index (χ2n) is 4.82. The zero-order valence-corrected chi connectivity index (χ0v) is 9.81. The lowest BCUT2D eigenvalue weighted by Crippen LogP contribution is -2.44. The number of nitrogens with one attached hydrogen (secondary N) is 1. The van der Waals surface area contributed by atoms with E-state index in [1.807, 2.05) is 7.05 Å². The molecular weight excluding hydrogens is 220 g/mol. The van der Waals surface area contributed by atoms with Crippen LogP contribution in [0, 0.1) is 0 Å². The van der Waals surface area contributed by atoms with Gasteiger partial charge in [0.15, 0.2) is 0 Å². The molecule has 1 fully saturated rings. The van der Waals surface area contributed by atoms with E-state index in [9.17, 15) is 9.90 Å². The van der Waals surface area contributed by atoms with Gasteiger partial charge in [-0.25, -0.2) is 4.79 Å². The maximum absolute atomic E-state index is 11.4. The van der Waals surface area contributed by atoms with Crippen LogP contribution in [0.25, 0.3) is 0 Å². The predicted molar refractivity (Wildman–Crippen MR) is 61.1 cm³/mol. The maximum atomic E-state index is 11.4. The van der Waals surface area contributed by atoms with Crippen LogP contribution >= 0.6 is 0 Å². The van der Waals surface area contributed by atoms with Crippen molar-refractivity contribution in [3.8, 4) is 0 Å². The Balaban J connectivity index is 2.05. The third kappa shape index (κ3) is 1.64. The van der Waals surface area contributed by atoms with Gasteiger partial charge >= 0.3 is 5.97 Å².